The highest BCUT2D eigenvalue weighted by Gasteiger charge is 2.07. The van der Waals surface area contributed by atoms with Gasteiger partial charge in [-0.2, -0.15) is 0 Å². The molecule has 0 aliphatic carbocycles. The van der Waals surface area contributed by atoms with Gasteiger partial charge in [0.1, 0.15) is 6.10 Å². The molecule has 1 unspecified atom stereocenters. The van der Waals surface area contributed by atoms with Gasteiger partial charge < -0.3 is 5.11 Å². The molecule has 1 atom stereocenters. The topological polar surface area (TPSA) is 20.2 Å². The second-order valence-corrected chi connectivity index (χ2v) is 4.01. The fourth-order valence-electron chi connectivity index (χ4n) is 0.813. The normalized spacial score (nSPS) is 12.2. The third-order valence-electron chi connectivity index (χ3n) is 1.41. The fraction of sp³-hybridized carbons (Fsp3) is 0.111. The molecule has 0 bridgehead atoms. The maximum Gasteiger partial charge on any atom is 0.141 e. The van der Waals surface area contributed by atoms with Gasteiger partial charge in [0.05, 0.1) is 0 Å². The Bertz CT molecular complexity index is 328. The van der Waals surface area contributed by atoms with Gasteiger partial charge >= 0.3 is 0 Å². The van der Waals surface area contributed by atoms with E-state index >= 15 is 0 Å². The first kappa shape index (κ1) is 9.79. The maximum atomic E-state index is 9.32. The molecule has 1 aromatic carbocycles. The maximum absolute atomic E-state index is 9.32. The van der Waals surface area contributed by atoms with Crippen LogP contribution in [0.15, 0.2) is 27.1 Å². The molecule has 0 heterocycles. The quantitative estimate of drug-likeness (QED) is 0.788. The van der Waals surface area contributed by atoms with Crippen molar-refractivity contribution in [3.63, 3.8) is 0 Å². The van der Waals surface area contributed by atoms with Crippen LogP contribution in [0.25, 0.3) is 0 Å². The van der Waals surface area contributed by atoms with E-state index < -0.39 is 6.10 Å². The van der Waals surface area contributed by atoms with E-state index in [9.17, 15) is 5.11 Å². The zero-order valence-electron chi connectivity index (χ0n) is 6.09. The SMILES string of the molecule is C#CC(O)c1ccc(Br)cc1Br. The first-order valence-corrected chi connectivity index (χ1v) is 4.83. The highest BCUT2D eigenvalue weighted by molar-refractivity contribution is 9.11. The molecule has 3 heteroatoms. The summed E-state index contributed by atoms with van der Waals surface area (Å²) < 4.78 is 1.75. The Morgan fingerprint density at radius 3 is 2.58 bits per heavy atom. The van der Waals surface area contributed by atoms with Crippen molar-refractivity contribution in [2.24, 2.45) is 0 Å². The number of hydrogen-bond acceptors (Lipinski definition) is 1. The fourth-order valence-corrected chi connectivity index (χ4v) is 2.08. The van der Waals surface area contributed by atoms with Crippen molar-refractivity contribution in [1.29, 1.82) is 0 Å². The lowest BCUT2D eigenvalue weighted by molar-refractivity contribution is 0.238. The number of benzene rings is 1. The van der Waals surface area contributed by atoms with Crippen LogP contribution in [0.5, 0.6) is 0 Å². The monoisotopic (exact) mass is 288 g/mol. The van der Waals surface area contributed by atoms with E-state index in [1.165, 1.54) is 0 Å². The van der Waals surface area contributed by atoms with E-state index in [0.29, 0.717) is 5.56 Å². The third kappa shape index (κ3) is 2.10. The third-order valence-corrected chi connectivity index (χ3v) is 2.59. The molecule has 1 aromatic rings. The average molecular weight is 290 g/mol. The number of rotatable bonds is 1. The van der Waals surface area contributed by atoms with Gasteiger partial charge in [-0.1, -0.05) is 43.8 Å². The van der Waals surface area contributed by atoms with Crippen molar-refractivity contribution in [3.05, 3.63) is 32.7 Å². The molecule has 1 N–H and O–H groups in total. The van der Waals surface area contributed by atoms with Crippen molar-refractivity contribution in [3.8, 4) is 12.3 Å². The zero-order valence-corrected chi connectivity index (χ0v) is 9.26. The van der Waals surface area contributed by atoms with Crippen LogP contribution in [0.1, 0.15) is 11.7 Å². The Labute approximate surface area is 88.1 Å². The van der Waals surface area contributed by atoms with Crippen LogP contribution in [0, 0.1) is 12.3 Å². The molecule has 0 saturated heterocycles. The lowest BCUT2D eigenvalue weighted by Gasteiger charge is -2.06. The molecule has 0 spiro atoms. The first-order chi connectivity index (χ1) is 5.65. The van der Waals surface area contributed by atoms with Crippen LogP contribution in [0.2, 0.25) is 0 Å². The van der Waals surface area contributed by atoms with Crippen molar-refractivity contribution in [2.45, 2.75) is 6.10 Å². The minimum atomic E-state index is -0.840. The minimum Gasteiger partial charge on any atom is -0.376 e. The van der Waals surface area contributed by atoms with Crippen LogP contribution in [0.4, 0.5) is 0 Å². The first-order valence-electron chi connectivity index (χ1n) is 3.24. The summed E-state index contributed by atoms with van der Waals surface area (Å²) in [5, 5.41) is 9.32. The summed E-state index contributed by atoms with van der Waals surface area (Å²) in [4.78, 5) is 0. The largest absolute Gasteiger partial charge is 0.376 e. The van der Waals surface area contributed by atoms with Crippen molar-refractivity contribution < 1.29 is 5.11 Å². The van der Waals surface area contributed by atoms with E-state index in [1.807, 2.05) is 12.1 Å². The molecule has 0 saturated carbocycles. The standard InChI is InChI=1S/C9H6Br2O/c1-2-9(12)7-4-3-6(10)5-8(7)11/h1,3-5,9,12H. The smallest absolute Gasteiger partial charge is 0.141 e. The molecule has 0 radical (unpaired) electrons. The van der Waals surface area contributed by atoms with Gasteiger partial charge in [0.25, 0.3) is 0 Å². The second kappa shape index (κ2) is 4.08. The highest BCUT2D eigenvalue weighted by Crippen LogP contribution is 2.26. The predicted molar refractivity (Wildman–Crippen MR) is 55.6 cm³/mol. The van der Waals surface area contributed by atoms with Crippen LogP contribution in [-0.4, -0.2) is 5.11 Å². The highest BCUT2D eigenvalue weighted by atomic mass is 79.9. The van der Waals surface area contributed by atoms with Crippen LogP contribution in [0.3, 0.4) is 0 Å². The molecule has 0 aliphatic rings. The molecule has 0 aromatic heterocycles. The summed E-state index contributed by atoms with van der Waals surface area (Å²) in [5.74, 6) is 2.25. The Morgan fingerprint density at radius 1 is 1.42 bits per heavy atom. The Balaban J connectivity index is 3.11. The lowest BCUT2D eigenvalue weighted by atomic mass is 10.1. The van der Waals surface area contributed by atoms with E-state index in [2.05, 4.69) is 37.8 Å². The summed E-state index contributed by atoms with van der Waals surface area (Å²) in [5.41, 5.74) is 0.709. The van der Waals surface area contributed by atoms with Crippen molar-refractivity contribution in [1.82, 2.24) is 0 Å². The van der Waals surface area contributed by atoms with E-state index in [4.69, 9.17) is 6.42 Å². The Kier molecular flexibility index (Phi) is 3.33. The van der Waals surface area contributed by atoms with Crippen molar-refractivity contribution in [2.75, 3.05) is 0 Å². The number of aliphatic hydroxyl groups excluding tert-OH is 1. The Morgan fingerprint density at radius 2 is 2.08 bits per heavy atom. The van der Waals surface area contributed by atoms with E-state index in [-0.39, 0.29) is 0 Å². The number of halogens is 2. The van der Waals surface area contributed by atoms with Crippen LogP contribution in [-0.2, 0) is 0 Å². The molecule has 0 fully saturated rings. The van der Waals surface area contributed by atoms with E-state index in [0.717, 1.165) is 8.95 Å². The molecule has 62 valence electrons. The van der Waals surface area contributed by atoms with Gasteiger partial charge in [0.2, 0.25) is 0 Å². The molecule has 1 rings (SSSR count). The second-order valence-electron chi connectivity index (χ2n) is 2.24. The summed E-state index contributed by atoms with van der Waals surface area (Å²) in [7, 11) is 0. The number of terminal acetylenes is 1. The van der Waals surface area contributed by atoms with Gasteiger partial charge in [0, 0.05) is 14.5 Å². The minimum absolute atomic E-state index is 0.709. The Hall–Kier alpha value is -0.300. The molecular formula is C9H6Br2O. The van der Waals surface area contributed by atoms with Gasteiger partial charge in [-0.05, 0) is 12.1 Å². The molecule has 0 amide bonds. The van der Waals surface area contributed by atoms with Crippen LogP contribution >= 0.6 is 31.9 Å². The lowest BCUT2D eigenvalue weighted by Crippen LogP contribution is -1.93. The summed E-state index contributed by atoms with van der Waals surface area (Å²) in [6, 6.07) is 5.45. The average Bonchev–Trinajstić information content (AvgIpc) is 2.03. The summed E-state index contributed by atoms with van der Waals surface area (Å²) in [6.45, 7) is 0. The zero-order chi connectivity index (χ0) is 9.14. The van der Waals surface area contributed by atoms with Crippen LogP contribution < -0.4 is 0 Å². The van der Waals surface area contributed by atoms with Crippen molar-refractivity contribution >= 4 is 31.9 Å². The van der Waals surface area contributed by atoms with Gasteiger partial charge in [0.15, 0.2) is 0 Å². The van der Waals surface area contributed by atoms with Gasteiger partial charge in [-0.3, -0.25) is 0 Å². The summed E-state index contributed by atoms with van der Waals surface area (Å²) >= 11 is 6.61. The molecular weight excluding hydrogens is 284 g/mol. The number of aliphatic hydroxyl groups is 1. The van der Waals surface area contributed by atoms with Gasteiger partial charge in [-0.15, -0.1) is 6.42 Å². The summed E-state index contributed by atoms with van der Waals surface area (Å²) in [6.07, 6.45) is 4.24. The predicted octanol–water partition coefficient (Wildman–Crippen LogP) is 2.88. The number of hydrogen-bond donors (Lipinski definition) is 1. The molecule has 1 nitrogen and oxygen atoms in total. The molecule has 12 heavy (non-hydrogen) atoms. The van der Waals surface area contributed by atoms with E-state index in [1.54, 1.807) is 6.07 Å². The van der Waals surface area contributed by atoms with Gasteiger partial charge in [-0.25, -0.2) is 0 Å². The molecule has 0 aliphatic heterocycles.